The Hall–Kier alpha value is -1.30. The highest BCUT2D eigenvalue weighted by Crippen LogP contribution is 2.30. The summed E-state index contributed by atoms with van der Waals surface area (Å²) in [4.78, 5) is 7.75. The highest BCUT2D eigenvalue weighted by Gasteiger charge is 2.31. The first-order chi connectivity index (χ1) is 7.97. The number of halogens is 3. The fraction of sp³-hybridized carbons (Fsp3) is 0.545. The Labute approximate surface area is 97.9 Å². The Morgan fingerprint density at radius 3 is 2.35 bits per heavy atom. The van der Waals surface area contributed by atoms with E-state index in [-0.39, 0.29) is 0 Å². The molecule has 0 N–H and O–H groups in total. The van der Waals surface area contributed by atoms with E-state index in [4.69, 9.17) is 0 Å². The predicted octanol–water partition coefficient (Wildman–Crippen LogP) is 1.85. The zero-order chi connectivity index (χ0) is 12.5. The van der Waals surface area contributed by atoms with Gasteiger partial charge in [0.2, 0.25) is 0 Å². The predicted molar refractivity (Wildman–Crippen MR) is 58.9 cm³/mol. The van der Waals surface area contributed by atoms with Crippen LogP contribution in [-0.2, 0) is 6.18 Å². The zero-order valence-electron chi connectivity index (χ0n) is 9.54. The van der Waals surface area contributed by atoms with Crippen LogP contribution < -0.4 is 4.90 Å². The first kappa shape index (κ1) is 12.2. The minimum atomic E-state index is -4.32. The van der Waals surface area contributed by atoms with Crippen molar-refractivity contribution >= 4 is 5.69 Å². The molecule has 1 aromatic heterocycles. The van der Waals surface area contributed by atoms with E-state index in [0.717, 1.165) is 32.4 Å². The van der Waals surface area contributed by atoms with E-state index in [1.807, 2.05) is 11.9 Å². The molecule has 0 spiro atoms. The van der Waals surface area contributed by atoms with Crippen molar-refractivity contribution in [3.63, 3.8) is 0 Å². The van der Waals surface area contributed by atoms with Gasteiger partial charge >= 0.3 is 6.18 Å². The monoisotopic (exact) mass is 245 g/mol. The van der Waals surface area contributed by atoms with Crippen LogP contribution in [0.1, 0.15) is 5.56 Å². The van der Waals surface area contributed by atoms with E-state index in [2.05, 4.69) is 9.88 Å². The van der Waals surface area contributed by atoms with Crippen molar-refractivity contribution < 1.29 is 13.2 Å². The SMILES string of the molecule is CN1CCN(c2cncc(C(F)(F)F)c2)CC1. The van der Waals surface area contributed by atoms with E-state index < -0.39 is 11.7 Å². The molecule has 1 aliphatic heterocycles. The Morgan fingerprint density at radius 1 is 1.12 bits per heavy atom. The van der Waals surface area contributed by atoms with Crippen LogP contribution in [0.4, 0.5) is 18.9 Å². The van der Waals surface area contributed by atoms with Crippen LogP contribution in [0.3, 0.4) is 0 Å². The fourth-order valence-corrected chi connectivity index (χ4v) is 1.82. The molecule has 0 radical (unpaired) electrons. The van der Waals surface area contributed by atoms with E-state index in [1.54, 1.807) is 0 Å². The van der Waals surface area contributed by atoms with Crippen molar-refractivity contribution in [3.05, 3.63) is 24.0 Å². The highest BCUT2D eigenvalue weighted by molar-refractivity contribution is 5.47. The number of nitrogens with zero attached hydrogens (tertiary/aromatic N) is 3. The van der Waals surface area contributed by atoms with Crippen LogP contribution in [0, 0.1) is 0 Å². The maximum Gasteiger partial charge on any atom is 0.417 e. The number of pyridine rings is 1. The molecule has 0 unspecified atom stereocenters. The standard InChI is InChI=1S/C11H14F3N3/c1-16-2-4-17(5-3-16)10-6-9(7-15-8-10)11(12,13)14/h6-8H,2-5H2,1H3. The summed E-state index contributed by atoms with van der Waals surface area (Å²) in [6, 6.07) is 1.16. The summed E-state index contributed by atoms with van der Waals surface area (Å²) < 4.78 is 37.6. The van der Waals surface area contributed by atoms with Gasteiger partial charge < -0.3 is 9.80 Å². The minimum Gasteiger partial charge on any atom is -0.368 e. The van der Waals surface area contributed by atoms with Crippen molar-refractivity contribution in [1.29, 1.82) is 0 Å². The molecule has 0 amide bonds. The molecule has 1 saturated heterocycles. The number of piperazine rings is 1. The molecule has 0 saturated carbocycles. The second-order valence-electron chi connectivity index (χ2n) is 4.22. The molecule has 0 atom stereocenters. The lowest BCUT2D eigenvalue weighted by Crippen LogP contribution is -2.44. The summed E-state index contributed by atoms with van der Waals surface area (Å²) in [5, 5.41) is 0. The molecule has 0 bridgehead atoms. The van der Waals surface area contributed by atoms with E-state index in [9.17, 15) is 13.2 Å². The lowest BCUT2D eigenvalue weighted by atomic mass is 10.2. The lowest BCUT2D eigenvalue weighted by Gasteiger charge is -2.34. The third-order valence-electron chi connectivity index (χ3n) is 2.92. The Bertz CT molecular complexity index is 384. The number of likely N-dealkylation sites (N-methyl/N-ethyl adjacent to an activating group) is 1. The van der Waals surface area contributed by atoms with Crippen molar-refractivity contribution in [2.24, 2.45) is 0 Å². The maximum atomic E-state index is 12.5. The first-order valence-electron chi connectivity index (χ1n) is 5.42. The Balaban J connectivity index is 2.16. The van der Waals surface area contributed by atoms with Gasteiger partial charge in [0.05, 0.1) is 17.4 Å². The molecule has 1 fully saturated rings. The Kier molecular flexibility index (Phi) is 3.24. The normalized spacial score (nSPS) is 18.5. The molecule has 17 heavy (non-hydrogen) atoms. The number of hydrogen-bond acceptors (Lipinski definition) is 3. The average Bonchev–Trinajstić information content (AvgIpc) is 2.29. The van der Waals surface area contributed by atoms with Crippen LogP contribution in [-0.4, -0.2) is 43.1 Å². The van der Waals surface area contributed by atoms with Gasteiger partial charge in [0.1, 0.15) is 0 Å². The van der Waals surface area contributed by atoms with Gasteiger partial charge in [-0.05, 0) is 13.1 Å². The fourth-order valence-electron chi connectivity index (χ4n) is 1.82. The number of anilines is 1. The van der Waals surface area contributed by atoms with Crippen LogP contribution in [0.25, 0.3) is 0 Å². The number of rotatable bonds is 1. The van der Waals surface area contributed by atoms with E-state index in [1.165, 1.54) is 12.3 Å². The van der Waals surface area contributed by atoms with Gasteiger partial charge in [-0.1, -0.05) is 0 Å². The molecule has 0 aromatic carbocycles. The summed E-state index contributed by atoms with van der Waals surface area (Å²) in [6.07, 6.45) is -1.98. The molecule has 2 heterocycles. The van der Waals surface area contributed by atoms with Crippen LogP contribution in [0.5, 0.6) is 0 Å². The van der Waals surface area contributed by atoms with Crippen LogP contribution in [0.2, 0.25) is 0 Å². The largest absolute Gasteiger partial charge is 0.417 e. The van der Waals surface area contributed by atoms with Gasteiger partial charge in [0.25, 0.3) is 0 Å². The molecule has 0 aliphatic carbocycles. The molecular formula is C11H14F3N3. The minimum absolute atomic E-state index is 0.549. The van der Waals surface area contributed by atoms with Crippen molar-refractivity contribution in [2.45, 2.75) is 6.18 Å². The molecule has 94 valence electrons. The van der Waals surface area contributed by atoms with Gasteiger partial charge in [0, 0.05) is 32.4 Å². The third kappa shape index (κ3) is 2.88. The lowest BCUT2D eigenvalue weighted by molar-refractivity contribution is -0.137. The van der Waals surface area contributed by atoms with Gasteiger partial charge in [-0.15, -0.1) is 0 Å². The summed E-state index contributed by atoms with van der Waals surface area (Å²) in [5.74, 6) is 0. The second kappa shape index (κ2) is 4.52. The van der Waals surface area contributed by atoms with Crippen LogP contribution >= 0.6 is 0 Å². The van der Waals surface area contributed by atoms with E-state index >= 15 is 0 Å². The molecular weight excluding hydrogens is 231 g/mol. The summed E-state index contributed by atoms with van der Waals surface area (Å²) in [5.41, 5.74) is -0.137. The molecule has 3 nitrogen and oxygen atoms in total. The smallest absolute Gasteiger partial charge is 0.368 e. The number of alkyl halides is 3. The highest BCUT2D eigenvalue weighted by atomic mass is 19.4. The van der Waals surface area contributed by atoms with E-state index in [0.29, 0.717) is 5.69 Å². The number of aromatic nitrogens is 1. The Morgan fingerprint density at radius 2 is 1.76 bits per heavy atom. The van der Waals surface area contributed by atoms with Gasteiger partial charge in [-0.2, -0.15) is 13.2 Å². The molecule has 1 aliphatic rings. The van der Waals surface area contributed by atoms with Crippen LogP contribution in [0.15, 0.2) is 18.5 Å². The third-order valence-corrected chi connectivity index (χ3v) is 2.92. The molecule has 6 heteroatoms. The topological polar surface area (TPSA) is 19.4 Å². The van der Waals surface area contributed by atoms with Gasteiger partial charge in [-0.25, -0.2) is 0 Å². The summed E-state index contributed by atoms with van der Waals surface area (Å²) >= 11 is 0. The first-order valence-corrected chi connectivity index (χ1v) is 5.42. The quantitative estimate of drug-likeness (QED) is 0.752. The zero-order valence-corrected chi connectivity index (χ0v) is 9.54. The van der Waals surface area contributed by atoms with Gasteiger partial charge in [-0.3, -0.25) is 4.98 Å². The second-order valence-corrected chi connectivity index (χ2v) is 4.22. The summed E-state index contributed by atoms with van der Waals surface area (Å²) in [6.45, 7) is 3.19. The van der Waals surface area contributed by atoms with Crippen molar-refractivity contribution in [3.8, 4) is 0 Å². The maximum absolute atomic E-state index is 12.5. The molecule has 2 rings (SSSR count). The summed E-state index contributed by atoms with van der Waals surface area (Å²) in [7, 11) is 2.00. The van der Waals surface area contributed by atoms with Gasteiger partial charge in [0.15, 0.2) is 0 Å². The molecule has 1 aromatic rings. The average molecular weight is 245 g/mol. The van der Waals surface area contributed by atoms with Crippen molar-refractivity contribution in [1.82, 2.24) is 9.88 Å². The van der Waals surface area contributed by atoms with Crippen molar-refractivity contribution in [2.75, 3.05) is 38.1 Å². The number of hydrogen-bond donors (Lipinski definition) is 0.